The third kappa shape index (κ3) is 3.60. The standard InChI is InChI=1S/C18H21F3N6O2S/c1-30(28,29)26-6-5-14(13(20)9-26)24-18-23-8-15-16(21)11(7-22)17(27(15)25-18)10-3-2-4-12(10)19/h8,10,12-14H,2-6,9H2,1H3,(H,24,25)/t10-,12+,13-,14-/m1/s1. The molecule has 12 heteroatoms. The Bertz CT molecular complexity index is 1120. The van der Waals surface area contributed by atoms with Crippen molar-refractivity contribution >= 4 is 21.5 Å². The van der Waals surface area contributed by atoms with Crippen molar-refractivity contribution in [3.63, 3.8) is 0 Å². The highest BCUT2D eigenvalue weighted by molar-refractivity contribution is 7.88. The highest BCUT2D eigenvalue weighted by atomic mass is 32.2. The van der Waals surface area contributed by atoms with E-state index in [1.54, 1.807) is 6.07 Å². The third-order valence-corrected chi connectivity index (χ3v) is 7.11. The van der Waals surface area contributed by atoms with E-state index in [1.807, 2.05) is 0 Å². The number of hydrogen-bond donors (Lipinski definition) is 1. The van der Waals surface area contributed by atoms with E-state index in [2.05, 4.69) is 15.4 Å². The molecule has 1 saturated carbocycles. The summed E-state index contributed by atoms with van der Waals surface area (Å²) in [6.07, 6.45) is 1.15. The minimum absolute atomic E-state index is 0.00268. The van der Waals surface area contributed by atoms with Gasteiger partial charge in [-0.1, -0.05) is 0 Å². The number of nitriles is 1. The fourth-order valence-electron chi connectivity index (χ4n) is 4.28. The molecule has 4 atom stereocenters. The molecule has 30 heavy (non-hydrogen) atoms. The summed E-state index contributed by atoms with van der Waals surface area (Å²) in [6, 6.07) is 1.07. The maximum atomic E-state index is 14.7. The molecule has 0 bridgehead atoms. The predicted molar refractivity (Wildman–Crippen MR) is 102 cm³/mol. The molecule has 1 aliphatic carbocycles. The zero-order chi connectivity index (χ0) is 21.6. The van der Waals surface area contributed by atoms with Crippen LogP contribution in [-0.2, 0) is 10.0 Å². The number of hydrogen-bond acceptors (Lipinski definition) is 6. The van der Waals surface area contributed by atoms with Gasteiger partial charge in [0.2, 0.25) is 16.0 Å². The molecule has 3 heterocycles. The lowest BCUT2D eigenvalue weighted by molar-refractivity contribution is 0.186. The molecule has 1 N–H and O–H groups in total. The first kappa shape index (κ1) is 20.9. The number of nitrogens with one attached hydrogen (secondary N) is 1. The highest BCUT2D eigenvalue weighted by Gasteiger charge is 2.36. The first-order chi connectivity index (χ1) is 14.2. The van der Waals surface area contributed by atoms with Crippen LogP contribution in [0.25, 0.3) is 5.52 Å². The summed E-state index contributed by atoms with van der Waals surface area (Å²) in [5.74, 6) is -1.45. The molecule has 0 radical (unpaired) electrons. The second-order valence-electron chi connectivity index (χ2n) is 7.79. The minimum Gasteiger partial charge on any atom is -0.347 e. The zero-order valence-electron chi connectivity index (χ0n) is 16.2. The van der Waals surface area contributed by atoms with Gasteiger partial charge in [-0.25, -0.2) is 31.1 Å². The van der Waals surface area contributed by atoms with Gasteiger partial charge in [0.15, 0.2) is 5.82 Å². The van der Waals surface area contributed by atoms with Gasteiger partial charge in [-0.05, 0) is 25.7 Å². The number of alkyl halides is 2. The second kappa shape index (κ2) is 7.70. The Morgan fingerprint density at radius 3 is 2.63 bits per heavy atom. The first-order valence-electron chi connectivity index (χ1n) is 9.67. The minimum atomic E-state index is -3.49. The number of fused-ring (bicyclic) bond motifs is 1. The lowest BCUT2D eigenvalue weighted by Gasteiger charge is -2.33. The van der Waals surface area contributed by atoms with Crippen molar-refractivity contribution in [3.05, 3.63) is 23.3 Å². The number of halogens is 3. The number of anilines is 1. The molecule has 1 saturated heterocycles. The zero-order valence-corrected chi connectivity index (χ0v) is 17.0. The molecule has 0 unspecified atom stereocenters. The van der Waals surface area contributed by atoms with E-state index in [4.69, 9.17) is 0 Å². The van der Waals surface area contributed by atoms with Crippen LogP contribution in [-0.4, -0.2) is 65.1 Å². The predicted octanol–water partition coefficient (Wildman–Crippen LogP) is 2.13. The first-order valence-corrected chi connectivity index (χ1v) is 11.5. The van der Waals surface area contributed by atoms with E-state index in [9.17, 15) is 26.9 Å². The Morgan fingerprint density at radius 1 is 1.27 bits per heavy atom. The van der Waals surface area contributed by atoms with Crippen LogP contribution in [0.2, 0.25) is 0 Å². The van der Waals surface area contributed by atoms with Gasteiger partial charge in [-0.15, -0.1) is 5.10 Å². The van der Waals surface area contributed by atoms with E-state index in [1.165, 1.54) is 10.7 Å². The van der Waals surface area contributed by atoms with Gasteiger partial charge >= 0.3 is 0 Å². The van der Waals surface area contributed by atoms with Crippen molar-refractivity contribution in [3.8, 4) is 6.07 Å². The Labute approximate surface area is 171 Å². The highest BCUT2D eigenvalue weighted by Crippen LogP contribution is 2.40. The van der Waals surface area contributed by atoms with Gasteiger partial charge in [-0.3, -0.25) is 0 Å². The molecule has 2 aliphatic rings. The van der Waals surface area contributed by atoms with Crippen molar-refractivity contribution < 1.29 is 21.6 Å². The van der Waals surface area contributed by atoms with Crippen LogP contribution in [0.1, 0.15) is 42.9 Å². The summed E-state index contributed by atoms with van der Waals surface area (Å²) in [7, 11) is -3.49. The van der Waals surface area contributed by atoms with Crippen molar-refractivity contribution in [1.29, 1.82) is 5.26 Å². The normalized spacial score (nSPS) is 28.0. The summed E-state index contributed by atoms with van der Waals surface area (Å²) in [6.45, 7) is -0.140. The number of sulfonamides is 1. The Morgan fingerprint density at radius 2 is 2.03 bits per heavy atom. The summed E-state index contributed by atoms with van der Waals surface area (Å²) in [5, 5.41) is 16.5. The van der Waals surface area contributed by atoms with Gasteiger partial charge in [0.25, 0.3) is 0 Å². The smallest absolute Gasteiger partial charge is 0.241 e. The van der Waals surface area contributed by atoms with Gasteiger partial charge < -0.3 is 5.32 Å². The largest absolute Gasteiger partial charge is 0.347 e. The van der Waals surface area contributed by atoms with E-state index < -0.39 is 40.1 Å². The molecule has 0 aromatic carbocycles. The van der Waals surface area contributed by atoms with Crippen molar-refractivity contribution in [1.82, 2.24) is 18.9 Å². The average Bonchev–Trinajstić information content (AvgIpc) is 3.22. The van der Waals surface area contributed by atoms with Crippen molar-refractivity contribution in [2.24, 2.45) is 0 Å². The van der Waals surface area contributed by atoms with E-state index in [-0.39, 0.29) is 42.2 Å². The summed E-state index contributed by atoms with van der Waals surface area (Å²) in [5.41, 5.74) is -0.125. The molecule has 1 aliphatic heterocycles. The van der Waals surface area contributed by atoms with E-state index in [0.717, 1.165) is 10.6 Å². The second-order valence-corrected chi connectivity index (χ2v) is 9.78. The topological polar surface area (TPSA) is 103 Å². The van der Waals surface area contributed by atoms with Crippen LogP contribution < -0.4 is 5.32 Å². The lowest BCUT2D eigenvalue weighted by Crippen LogP contribution is -2.49. The van der Waals surface area contributed by atoms with Crippen molar-refractivity contribution in [2.75, 3.05) is 24.7 Å². The number of nitrogens with zero attached hydrogens (tertiary/aromatic N) is 5. The maximum absolute atomic E-state index is 14.7. The number of rotatable bonds is 4. The van der Waals surface area contributed by atoms with Gasteiger partial charge in [0.1, 0.15) is 29.5 Å². The number of piperidine rings is 1. The van der Waals surface area contributed by atoms with Crippen LogP contribution in [0, 0.1) is 17.1 Å². The fraction of sp³-hybridized carbons (Fsp3) is 0.611. The van der Waals surface area contributed by atoms with Crippen LogP contribution in [0.4, 0.5) is 19.1 Å². The maximum Gasteiger partial charge on any atom is 0.241 e. The Hall–Kier alpha value is -2.39. The summed E-state index contributed by atoms with van der Waals surface area (Å²) >= 11 is 0. The summed E-state index contributed by atoms with van der Waals surface area (Å²) < 4.78 is 69.1. The molecule has 0 spiro atoms. The molecule has 2 aromatic rings. The number of aromatic nitrogens is 3. The SMILES string of the molecule is CS(=O)(=O)N1CC[C@@H](Nc2ncc3c(F)c(C#N)c([C@@H]4CCC[C@@H]4F)n3n2)[C@H](F)C1. The van der Waals surface area contributed by atoms with Gasteiger partial charge in [0, 0.05) is 19.0 Å². The Kier molecular flexibility index (Phi) is 5.36. The van der Waals surface area contributed by atoms with Crippen LogP contribution in [0.3, 0.4) is 0 Å². The lowest BCUT2D eigenvalue weighted by atomic mass is 9.99. The molecule has 2 fully saturated rings. The molecule has 162 valence electrons. The molecule has 4 rings (SSSR count). The fourth-order valence-corrected chi connectivity index (χ4v) is 5.13. The Balaban J connectivity index is 1.65. The molecular weight excluding hydrogens is 421 g/mol. The molecule has 2 aromatic heterocycles. The van der Waals surface area contributed by atoms with Crippen molar-refractivity contribution in [2.45, 2.75) is 50.0 Å². The average molecular weight is 442 g/mol. The summed E-state index contributed by atoms with van der Waals surface area (Å²) in [4.78, 5) is 4.01. The van der Waals surface area contributed by atoms with Crippen LogP contribution >= 0.6 is 0 Å². The quantitative estimate of drug-likeness (QED) is 0.778. The van der Waals surface area contributed by atoms with E-state index in [0.29, 0.717) is 19.3 Å². The van der Waals surface area contributed by atoms with Crippen LogP contribution in [0.5, 0.6) is 0 Å². The monoisotopic (exact) mass is 442 g/mol. The van der Waals surface area contributed by atoms with Gasteiger partial charge in [-0.2, -0.15) is 9.57 Å². The molecular formula is C18H21F3N6O2S. The van der Waals surface area contributed by atoms with Gasteiger partial charge in [0.05, 0.1) is 24.2 Å². The molecule has 8 nitrogen and oxygen atoms in total. The third-order valence-electron chi connectivity index (χ3n) is 5.84. The van der Waals surface area contributed by atoms with Crippen LogP contribution in [0.15, 0.2) is 6.20 Å². The van der Waals surface area contributed by atoms with E-state index >= 15 is 0 Å². The molecule has 0 amide bonds.